The van der Waals surface area contributed by atoms with E-state index in [0.29, 0.717) is 0 Å². The van der Waals surface area contributed by atoms with Crippen molar-refractivity contribution in [3.8, 4) is 0 Å². The standard InChI is InChI=1S/C11H18N3Si/c15-14-13-9-5-4-8-12-10-11-6-2-1-3-7-11/h1-3,6-7,12-14H,4-5,8-10H2. The SMILES string of the molecule is [Si]NNCCCCNCc1ccccc1. The summed E-state index contributed by atoms with van der Waals surface area (Å²) in [5.41, 5.74) is 4.34. The summed E-state index contributed by atoms with van der Waals surface area (Å²) in [6.45, 7) is 3.01. The highest BCUT2D eigenvalue weighted by Crippen LogP contribution is 1.97. The highest BCUT2D eigenvalue weighted by molar-refractivity contribution is 6.03. The van der Waals surface area contributed by atoms with Gasteiger partial charge in [0.2, 0.25) is 0 Å². The van der Waals surface area contributed by atoms with E-state index in [-0.39, 0.29) is 0 Å². The van der Waals surface area contributed by atoms with E-state index in [4.69, 9.17) is 0 Å². The Bertz CT molecular complexity index is 241. The van der Waals surface area contributed by atoms with Gasteiger partial charge in [-0.1, -0.05) is 30.3 Å². The Hall–Kier alpha value is -0.683. The minimum atomic E-state index is 0.963. The fraction of sp³-hybridized carbons (Fsp3) is 0.455. The van der Waals surface area contributed by atoms with Crippen LogP contribution in [0.15, 0.2) is 30.3 Å². The summed E-state index contributed by atoms with van der Waals surface area (Å²) in [7, 11) is 3.13. The molecule has 1 rings (SSSR count). The van der Waals surface area contributed by atoms with Crippen molar-refractivity contribution in [3.63, 3.8) is 0 Å². The average molecular weight is 220 g/mol. The van der Waals surface area contributed by atoms with E-state index in [0.717, 1.165) is 19.6 Å². The lowest BCUT2D eigenvalue weighted by atomic mass is 10.2. The first-order valence-electron chi connectivity index (χ1n) is 5.32. The molecule has 0 fully saturated rings. The van der Waals surface area contributed by atoms with Crippen LogP contribution in [0.1, 0.15) is 18.4 Å². The zero-order chi connectivity index (χ0) is 10.8. The van der Waals surface area contributed by atoms with Crippen LogP contribution in [0.3, 0.4) is 0 Å². The van der Waals surface area contributed by atoms with Gasteiger partial charge >= 0.3 is 0 Å². The summed E-state index contributed by atoms with van der Waals surface area (Å²) in [6, 6.07) is 10.5. The average Bonchev–Trinajstić information content (AvgIpc) is 2.29. The molecule has 1 aromatic carbocycles. The van der Waals surface area contributed by atoms with Crippen molar-refractivity contribution in [1.82, 2.24) is 15.8 Å². The second kappa shape index (κ2) is 8.61. The van der Waals surface area contributed by atoms with Gasteiger partial charge in [0, 0.05) is 13.1 Å². The van der Waals surface area contributed by atoms with Gasteiger partial charge in [0.25, 0.3) is 0 Å². The second-order valence-corrected chi connectivity index (χ2v) is 3.67. The lowest BCUT2D eigenvalue weighted by Crippen LogP contribution is -2.30. The quantitative estimate of drug-likeness (QED) is 0.343. The third-order valence-electron chi connectivity index (χ3n) is 2.17. The van der Waals surface area contributed by atoms with E-state index < -0.39 is 0 Å². The Morgan fingerprint density at radius 1 is 1.00 bits per heavy atom. The summed E-state index contributed by atoms with van der Waals surface area (Å²) in [6.07, 6.45) is 2.35. The molecule has 0 unspecified atom stereocenters. The fourth-order valence-corrected chi connectivity index (χ4v) is 1.48. The molecule has 4 heteroatoms. The van der Waals surface area contributed by atoms with Crippen molar-refractivity contribution in [3.05, 3.63) is 35.9 Å². The van der Waals surface area contributed by atoms with Crippen molar-refractivity contribution in [1.29, 1.82) is 0 Å². The Morgan fingerprint density at radius 3 is 2.47 bits per heavy atom. The maximum Gasteiger partial charge on any atom is 0.161 e. The number of benzene rings is 1. The molecular formula is C11H18N3Si. The van der Waals surface area contributed by atoms with E-state index in [1.54, 1.807) is 0 Å². The molecular weight excluding hydrogens is 202 g/mol. The van der Waals surface area contributed by atoms with Gasteiger partial charge in [0.05, 0.1) is 0 Å². The van der Waals surface area contributed by atoms with Gasteiger partial charge in [-0.15, -0.1) is 0 Å². The number of nitrogens with one attached hydrogen (secondary N) is 3. The fourth-order valence-electron chi connectivity index (χ4n) is 1.35. The van der Waals surface area contributed by atoms with Crippen LogP contribution in [-0.4, -0.2) is 23.5 Å². The predicted octanol–water partition coefficient (Wildman–Crippen LogP) is 0.734. The molecule has 0 aliphatic rings. The minimum Gasteiger partial charge on any atom is -0.313 e. The number of rotatable bonds is 8. The first kappa shape index (κ1) is 12.4. The largest absolute Gasteiger partial charge is 0.313 e. The molecule has 0 atom stereocenters. The van der Waals surface area contributed by atoms with Crippen molar-refractivity contribution < 1.29 is 0 Å². The monoisotopic (exact) mass is 220 g/mol. The predicted molar refractivity (Wildman–Crippen MR) is 64.3 cm³/mol. The van der Waals surface area contributed by atoms with Crippen LogP contribution in [0.25, 0.3) is 0 Å². The van der Waals surface area contributed by atoms with Crippen molar-refractivity contribution in [2.45, 2.75) is 19.4 Å². The molecule has 3 radical (unpaired) electrons. The first-order chi connectivity index (χ1) is 7.43. The Kier molecular flexibility index (Phi) is 7.11. The first-order valence-corrected chi connectivity index (χ1v) is 5.82. The zero-order valence-electron chi connectivity index (χ0n) is 8.92. The smallest absolute Gasteiger partial charge is 0.161 e. The van der Waals surface area contributed by atoms with Crippen LogP contribution in [0.2, 0.25) is 0 Å². The summed E-state index contributed by atoms with van der Waals surface area (Å²) in [5, 5.41) is 6.14. The number of hydrogen-bond donors (Lipinski definition) is 3. The molecule has 3 N–H and O–H groups in total. The van der Waals surface area contributed by atoms with Crippen molar-refractivity contribution in [2.75, 3.05) is 13.1 Å². The molecule has 0 spiro atoms. The van der Waals surface area contributed by atoms with E-state index in [2.05, 4.69) is 50.5 Å². The molecule has 0 bridgehead atoms. The molecule has 1 aromatic rings. The highest BCUT2D eigenvalue weighted by atomic mass is 28.2. The third-order valence-corrected chi connectivity index (χ3v) is 2.34. The maximum atomic E-state index is 3.42. The van der Waals surface area contributed by atoms with Crippen LogP contribution < -0.4 is 15.8 Å². The highest BCUT2D eigenvalue weighted by Gasteiger charge is 1.90. The summed E-state index contributed by atoms with van der Waals surface area (Å²) < 4.78 is 0. The van der Waals surface area contributed by atoms with Crippen LogP contribution in [0.4, 0.5) is 0 Å². The van der Waals surface area contributed by atoms with Crippen LogP contribution in [0, 0.1) is 0 Å². The van der Waals surface area contributed by atoms with Crippen molar-refractivity contribution in [2.24, 2.45) is 0 Å². The Labute approximate surface area is 95.1 Å². The minimum absolute atomic E-state index is 0.963. The molecule has 0 saturated carbocycles. The summed E-state index contributed by atoms with van der Waals surface area (Å²) in [5.74, 6) is 0. The Balaban J connectivity index is 1.93. The van der Waals surface area contributed by atoms with Gasteiger partial charge in [0.1, 0.15) is 0 Å². The second-order valence-electron chi connectivity index (χ2n) is 3.42. The van der Waals surface area contributed by atoms with Gasteiger partial charge in [0.15, 0.2) is 10.4 Å². The molecule has 81 valence electrons. The maximum absolute atomic E-state index is 3.42. The molecule has 0 amide bonds. The van der Waals surface area contributed by atoms with Gasteiger partial charge in [-0.2, -0.15) is 0 Å². The number of hydrazine groups is 1. The lowest BCUT2D eigenvalue weighted by Gasteiger charge is -2.05. The molecule has 15 heavy (non-hydrogen) atoms. The van der Waals surface area contributed by atoms with Gasteiger partial charge in [-0.3, -0.25) is 10.5 Å². The van der Waals surface area contributed by atoms with Crippen LogP contribution in [0.5, 0.6) is 0 Å². The molecule has 0 aliphatic heterocycles. The van der Waals surface area contributed by atoms with E-state index in [1.807, 2.05) is 6.07 Å². The molecule has 0 aliphatic carbocycles. The van der Waals surface area contributed by atoms with Gasteiger partial charge in [-0.05, 0) is 24.9 Å². The Morgan fingerprint density at radius 2 is 1.73 bits per heavy atom. The van der Waals surface area contributed by atoms with E-state index >= 15 is 0 Å². The molecule has 0 heterocycles. The van der Waals surface area contributed by atoms with Crippen LogP contribution in [-0.2, 0) is 6.54 Å². The summed E-state index contributed by atoms with van der Waals surface area (Å²) in [4.78, 5) is 0. The summed E-state index contributed by atoms with van der Waals surface area (Å²) >= 11 is 0. The number of unbranched alkanes of at least 4 members (excludes halogenated alkanes) is 1. The van der Waals surface area contributed by atoms with Gasteiger partial charge in [-0.25, -0.2) is 0 Å². The molecule has 0 saturated heterocycles. The number of hydrogen-bond acceptors (Lipinski definition) is 3. The lowest BCUT2D eigenvalue weighted by molar-refractivity contribution is 0.575. The molecule has 0 aromatic heterocycles. The van der Waals surface area contributed by atoms with E-state index in [1.165, 1.54) is 18.4 Å². The van der Waals surface area contributed by atoms with Crippen molar-refractivity contribution >= 4 is 10.4 Å². The normalized spacial score (nSPS) is 10.5. The molecule has 3 nitrogen and oxygen atoms in total. The van der Waals surface area contributed by atoms with E-state index in [9.17, 15) is 0 Å². The topological polar surface area (TPSA) is 36.1 Å². The zero-order valence-corrected chi connectivity index (χ0v) is 9.92. The van der Waals surface area contributed by atoms with Gasteiger partial charge < -0.3 is 5.32 Å². The third kappa shape index (κ3) is 6.41. The van der Waals surface area contributed by atoms with Crippen LogP contribution >= 0.6 is 0 Å².